The van der Waals surface area contributed by atoms with E-state index in [1.165, 1.54) is 22.2 Å². The Kier molecular flexibility index (Phi) is 5.55. The smallest absolute Gasteiger partial charge is 0.230 e. The van der Waals surface area contributed by atoms with Crippen molar-refractivity contribution >= 4 is 44.9 Å². The molecule has 3 aromatic rings. The van der Waals surface area contributed by atoms with Gasteiger partial charge in [0.15, 0.2) is 0 Å². The van der Waals surface area contributed by atoms with Gasteiger partial charge in [0.05, 0.1) is 5.75 Å². The number of anilines is 1. The molecule has 1 aromatic carbocycles. The molecule has 0 aliphatic carbocycles. The predicted molar refractivity (Wildman–Crippen MR) is 105 cm³/mol. The van der Waals surface area contributed by atoms with Crippen LogP contribution in [0.4, 0.5) is 5.69 Å². The number of hydrogen-bond acceptors (Lipinski definition) is 6. The van der Waals surface area contributed by atoms with Crippen molar-refractivity contribution < 1.29 is 4.79 Å². The summed E-state index contributed by atoms with van der Waals surface area (Å²) in [5.74, 6) is 0.360. The summed E-state index contributed by atoms with van der Waals surface area (Å²) in [4.78, 5) is 23.0. The summed E-state index contributed by atoms with van der Waals surface area (Å²) < 4.78 is 0. The second-order valence-electron chi connectivity index (χ2n) is 5.77. The highest BCUT2D eigenvalue weighted by Gasteiger charge is 2.13. The molecule has 0 radical (unpaired) electrons. The third-order valence-electron chi connectivity index (χ3n) is 3.99. The highest BCUT2D eigenvalue weighted by atomic mass is 32.2. The summed E-state index contributed by atoms with van der Waals surface area (Å²) >= 11 is 3.13. The molecular weight excluding hydrogens is 352 g/mol. The highest BCUT2D eigenvalue weighted by Crippen LogP contribution is 2.34. The van der Waals surface area contributed by atoms with Crippen LogP contribution in [-0.4, -0.2) is 28.2 Å². The summed E-state index contributed by atoms with van der Waals surface area (Å²) in [6.07, 6.45) is 2.36. The molecule has 5 nitrogen and oxygen atoms in total. The minimum Gasteiger partial charge on any atom is -0.399 e. The van der Waals surface area contributed by atoms with Gasteiger partial charge in [0.2, 0.25) is 5.91 Å². The van der Waals surface area contributed by atoms with Gasteiger partial charge in [0.25, 0.3) is 0 Å². The average Bonchev–Trinajstić information content (AvgIpc) is 2.90. The van der Waals surface area contributed by atoms with E-state index in [-0.39, 0.29) is 5.91 Å². The van der Waals surface area contributed by atoms with Gasteiger partial charge >= 0.3 is 0 Å². The number of hydrogen-bond donors (Lipinski definition) is 2. The molecule has 0 aliphatic rings. The average molecular weight is 373 g/mol. The van der Waals surface area contributed by atoms with E-state index >= 15 is 0 Å². The Balaban J connectivity index is 1.53. The minimum atomic E-state index is 0.0109. The van der Waals surface area contributed by atoms with E-state index in [9.17, 15) is 4.79 Å². The molecule has 2 aromatic heterocycles. The molecule has 3 N–H and O–H groups in total. The Morgan fingerprint density at radius 2 is 2.00 bits per heavy atom. The molecular formula is C18H20N4OS2. The number of thioether (sulfide) groups is 1. The van der Waals surface area contributed by atoms with Crippen molar-refractivity contribution in [3.05, 3.63) is 46.6 Å². The summed E-state index contributed by atoms with van der Waals surface area (Å²) in [6.45, 7) is 4.77. The van der Waals surface area contributed by atoms with Crippen LogP contribution in [0.3, 0.4) is 0 Å². The molecule has 0 saturated carbocycles. The maximum Gasteiger partial charge on any atom is 0.230 e. The normalized spacial score (nSPS) is 11.0. The summed E-state index contributed by atoms with van der Waals surface area (Å²) in [7, 11) is 0. The van der Waals surface area contributed by atoms with Crippen LogP contribution in [0.2, 0.25) is 0 Å². The fourth-order valence-electron chi connectivity index (χ4n) is 2.48. The van der Waals surface area contributed by atoms with E-state index in [1.807, 2.05) is 24.3 Å². The molecule has 0 saturated heterocycles. The number of carbonyl (C=O) groups excluding carboxylic acids is 1. The van der Waals surface area contributed by atoms with Crippen LogP contribution in [0, 0.1) is 13.8 Å². The molecule has 3 rings (SSSR count). The number of nitrogens with two attached hydrogens (primary N) is 1. The van der Waals surface area contributed by atoms with Crippen molar-refractivity contribution in [1.82, 2.24) is 15.3 Å². The lowest BCUT2D eigenvalue weighted by molar-refractivity contribution is -0.118. The number of thiophene rings is 1. The van der Waals surface area contributed by atoms with Gasteiger partial charge in [0.1, 0.15) is 16.2 Å². The summed E-state index contributed by atoms with van der Waals surface area (Å²) in [5, 5.41) is 4.90. The Morgan fingerprint density at radius 3 is 2.76 bits per heavy atom. The zero-order valence-electron chi connectivity index (χ0n) is 14.2. The van der Waals surface area contributed by atoms with Crippen molar-refractivity contribution in [2.45, 2.75) is 25.3 Å². The van der Waals surface area contributed by atoms with Crippen LogP contribution < -0.4 is 11.1 Å². The molecule has 0 spiro atoms. The predicted octanol–water partition coefficient (Wildman–Crippen LogP) is 3.34. The zero-order valence-corrected chi connectivity index (χ0v) is 15.8. The lowest BCUT2D eigenvalue weighted by atomic mass is 10.1. The van der Waals surface area contributed by atoms with Gasteiger partial charge in [-0.05, 0) is 43.5 Å². The molecule has 0 fully saturated rings. The second-order valence-corrected chi connectivity index (χ2v) is 7.94. The molecule has 25 heavy (non-hydrogen) atoms. The van der Waals surface area contributed by atoms with E-state index in [4.69, 9.17) is 5.73 Å². The Hall–Kier alpha value is -2.12. The maximum atomic E-state index is 12.1. The van der Waals surface area contributed by atoms with E-state index in [1.54, 1.807) is 17.7 Å². The van der Waals surface area contributed by atoms with Gasteiger partial charge in [-0.25, -0.2) is 9.97 Å². The quantitative estimate of drug-likeness (QED) is 0.394. The lowest BCUT2D eigenvalue weighted by Gasteiger charge is -2.06. The van der Waals surface area contributed by atoms with Gasteiger partial charge in [-0.3, -0.25) is 4.79 Å². The van der Waals surface area contributed by atoms with Crippen LogP contribution >= 0.6 is 23.1 Å². The maximum absolute atomic E-state index is 12.1. The standard InChI is InChI=1S/C18H20N4OS2/c1-11-12(2)25-18-16(11)17(21-10-22-18)24-9-15(23)20-8-7-13-3-5-14(19)6-4-13/h3-6,10H,7-9,19H2,1-2H3,(H,20,23). The summed E-state index contributed by atoms with van der Waals surface area (Å²) in [6, 6.07) is 7.71. The lowest BCUT2D eigenvalue weighted by Crippen LogP contribution is -2.27. The Morgan fingerprint density at radius 1 is 1.24 bits per heavy atom. The van der Waals surface area contributed by atoms with Crippen molar-refractivity contribution in [1.29, 1.82) is 0 Å². The van der Waals surface area contributed by atoms with Crippen LogP contribution in [-0.2, 0) is 11.2 Å². The molecule has 0 bridgehead atoms. The van der Waals surface area contributed by atoms with Crippen LogP contribution in [0.15, 0.2) is 35.6 Å². The number of carbonyl (C=O) groups is 1. The number of amides is 1. The fraction of sp³-hybridized carbons (Fsp3) is 0.278. The van der Waals surface area contributed by atoms with E-state index in [0.29, 0.717) is 12.3 Å². The second kappa shape index (κ2) is 7.84. The van der Waals surface area contributed by atoms with Gasteiger partial charge in [-0.1, -0.05) is 23.9 Å². The van der Waals surface area contributed by atoms with Crippen molar-refractivity contribution in [3.8, 4) is 0 Å². The van der Waals surface area contributed by atoms with Gasteiger partial charge in [0, 0.05) is 22.5 Å². The number of fused-ring (bicyclic) bond motifs is 1. The number of aryl methyl sites for hydroxylation is 2. The molecule has 0 atom stereocenters. The topological polar surface area (TPSA) is 80.9 Å². The largest absolute Gasteiger partial charge is 0.399 e. The number of nitrogens with one attached hydrogen (secondary N) is 1. The van der Waals surface area contributed by atoms with Crippen LogP contribution in [0.5, 0.6) is 0 Å². The number of aromatic nitrogens is 2. The van der Waals surface area contributed by atoms with E-state index < -0.39 is 0 Å². The fourth-order valence-corrected chi connectivity index (χ4v) is 4.42. The first-order valence-corrected chi connectivity index (χ1v) is 9.79. The monoisotopic (exact) mass is 372 g/mol. The highest BCUT2D eigenvalue weighted by molar-refractivity contribution is 8.00. The third-order valence-corrected chi connectivity index (χ3v) is 6.09. The van der Waals surface area contributed by atoms with Crippen molar-refractivity contribution in [2.75, 3.05) is 18.0 Å². The molecule has 0 unspecified atom stereocenters. The zero-order chi connectivity index (χ0) is 17.8. The van der Waals surface area contributed by atoms with Crippen LogP contribution in [0.25, 0.3) is 10.2 Å². The first-order valence-electron chi connectivity index (χ1n) is 7.99. The number of nitrogen functional groups attached to an aromatic ring is 1. The van der Waals surface area contributed by atoms with E-state index in [2.05, 4.69) is 29.1 Å². The molecule has 130 valence electrons. The molecule has 0 aliphatic heterocycles. The van der Waals surface area contributed by atoms with Gasteiger partial charge in [-0.2, -0.15) is 0 Å². The Bertz CT molecular complexity index is 890. The first-order chi connectivity index (χ1) is 12.0. The van der Waals surface area contributed by atoms with Gasteiger partial charge < -0.3 is 11.1 Å². The molecule has 2 heterocycles. The number of rotatable bonds is 6. The number of nitrogens with zero attached hydrogens (tertiary/aromatic N) is 2. The minimum absolute atomic E-state index is 0.0109. The molecule has 7 heteroatoms. The Labute approximate surface area is 155 Å². The number of benzene rings is 1. The molecule has 1 amide bonds. The van der Waals surface area contributed by atoms with Crippen molar-refractivity contribution in [3.63, 3.8) is 0 Å². The first kappa shape index (κ1) is 17.7. The van der Waals surface area contributed by atoms with Crippen molar-refractivity contribution in [2.24, 2.45) is 0 Å². The van der Waals surface area contributed by atoms with Crippen LogP contribution in [0.1, 0.15) is 16.0 Å². The third kappa shape index (κ3) is 4.29. The van der Waals surface area contributed by atoms with Gasteiger partial charge in [-0.15, -0.1) is 11.3 Å². The SMILES string of the molecule is Cc1sc2ncnc(SCC(=O)NCCc3ccc(N)cc3)c2c1C. The van der Waals surface area contributed by atoms with E-state index in [0.717, 1.165) is 32.9 Å². The summed E-state index contributed by atoms with van der Waals surface area (Å²) in [5.41, 5.74) is 8.77.